The first-order valence-corrected chi connectivity index (χ1v) is 8.32. The first kappa shape index (κ1) is 11.2. The molecule has 0 amide bonds. The van der Waals surface area contributed by atoms with Crippen molar-refractivity contribution < 1.29 is 0 Å². The number of rotatable bonds is 2. The molecule has 0 fully saturated rings. The van der Waals surface area contributed by atoms with Crippen molar-refractivity contribution in [1.82, 2.24) is 0 Å². The van der Waals surface area contributed by atoms with E-state index in [0.29, 0.717) is 0 Å². The third kappa shape index (κ3) is 1.86. The summed E-state index contributed by atoms with van der Waals surface area (Å²) < 4.78 is 2.80. The minimum absolute atomic E-state index is 0.935. The monoisotopic (exact) mass is 398 g/mol. The summed E-state index contributed by atoms with van der Waals surface area (Å²) in [5.41, 5.74) is 1.39. The Bertz CT molecular complexity index is 464. The van der Waals surface area contributed by atoms with Gasteiger partial charge in [-0.15, -0.1) is 23.1 Å². The average Bonchev–Trinajstić information content (AvgIpc) is 2.52. The molecule has 1 aromatic heterocycles. The molecule has 0 bridgehead atoms. The number of hydrogen-bond acceptors (Lipinski definition) is 2. The third-order valence-electron chi connectivity index (χ3n) is 2.07. The number of thioether (sulfide) groups is 1. The van der Waals surface area contributed by atoms with Gasteiger partial charge in [0, 0.05) is 20.3 Å². The quantitative estimate of drug-likeness (QED) is 0.384. The van der Waals surface area contributed by atoms with Crippen molar-refractivity contribution in [3.05, 3.63) is 26.6 Å². The van der Waals surface area contributed by atoms with Gasteiger partial charge in [0.25, 0.3) is 0 Å². The highest BCUT2D eigenvalue weighted by atomic mass is 127. The Morgan fingerprint density at radius 1 is 1.50 bits per heavy atom. The lowest BCUT2D eigenvalue weighted by atomic mass is 10.1. The van der Waals surface area contributed by atoms with Crippen LogP contribution in [0.2, 0.25) is 0 Å². The fourth-order valence-electron chi connectivity index (χ4n) is 1.45. The van der Waals surface area contributed by atoms with Gasteiger partial charge in [0.15, 0.2) is 0 Å². The van der Waals surface area contributed by atoms with E-state index in [1.54, 1.807) is 0 Å². The molecule has 1 aromatic carbocycles. The summed E-state index contributed by atoms with van der Waals surface area (Å²) in [5.74, 6) is 0. The van der Waals surface area contributed by atoms with Crippen LogP contribution in [0.4, 0.5) is 0 Å². The second-order valence-electron chi connectivity index (χ2n) is 2.83. The Morgan fingerprint density at radius 3 is 2.93 bits per heavy atom. The van der Waals surface area contributed by atoms with E-state index in [0.717, 1.165) is 5.33 Å². The topological polar surface area (TPSA) is 0 Å². The molecule has 0 N–H and O–H groups in total. The van der Waals surface area contributed by atoms with E-state index in [-0.39, 0.29) is 0 Å². The molecule has 0 atom stereocenters. The smallest absolute Gasteiger partial charge is 0.0801 e. The van der Waals surface area contributed by atoms with Gasteiger partial charge in [-0.1, -0.05) is 28.1 Å². The van der Waals surface area contributed by atoms with Gasteiger partial charge in [-0.25, -0.2) is 0 Å². The number of fused-ring (bicyclic) bond motifs is 1. The Labute approximate surface area is 114 Å². The van der Waals surface area contributed by atoms with Crippen LogP contribution in [0.1, 0.15) is 5.56 Å². The van der Waals surface area contributed by atoms with Gasteiger partial charge in [-0.3, -0.25) is 0 Å². The molecule has 0 nitrogen and oxygen atoms in total. The van der Waals surface area contributed by atoms with Crippen LogP contribution < -0.4 is 0 Å². The Balaban J connectivity index is 2.82. The standard InChI is InChI=1S/C10H8BrIS2/c1-13-9-8-6(5-11)3-2-4-7(8)14-10(9)12/h2-4H,5H2,1H3. The van der Waals surface area contributed by atoms with Crippen LogP contribution in [0.3, 0.4) is 0 Å². The van der Waals surface area contributed by atoms with Crippen LogP contribution in [0, 0.1) is 2.88 Å². The Kier molecular flexibility index (Phi) is 3.79. The van der Waals surface area contributed by atoms with Gasteiger partial charge in [0.05, 0.1) is 2.88 Å². The lowest BCUT2D eigenvalue weighted by Crippen LogP contribution is -1.79. The van der Waals surface area contributed by atoms with Crippen LogP contribution in [-0.4, -0.2) is 6.26 Å². The van der Waals surface area contributed by atoms with E-state index < -0.39 is 0 Å². The van der Waals surface area contributed by atoms with E-state index >= 15 is 0 Å². The third-order valence-corrected chi connectivity index (χ3v) is 6.12. The molecule has 2 rings (SSSR count). The molecule has 0 aliphatic heterocycles. The van der Waals surface area contributed by atoms with Crippen molar-refractivity contribution in [1.29, 1.82) is 0 Å². The van der Waals surface area contributed by atoms with E-state index in [2.05, 4.69) is 63.0 Å². The molecule has 0 saturated heterocycles. The van der Waals surface area contributed by atoms with Crippen LogP contribution in [-0.2, 0) is 5.33 Å². The largest absolute Gasteiger partial charge is 0.128 e. The first-order chi connectivity index (χ1) is 6.77. The molecule has 14 heavy (non-hydrogen) atoms. The molecule has 0 radical (unpaired) electrons. The minimum atomic E-state index is 0.935. The maximum atomic E-state index is 3.54. The minimum Gasteiger partial charge on any atom is -0.128 e. The van der Waals surface area contributed by atoms with Crippen molar-refractivity contribution in [2.75, 3.05) is 6.26 Å². The molecular weight excluding hydrogens is 391 g/mol. The van der Waals surface area contributed by atoms with Crippen molar-refractivity contribution in [3.8, 4) is 0 Å². The number of halogens is 2. The molecule has 2 aromatic rings. The average molecular weight is 399 g/mol. The zero-order valence-electron chi connectivity index (χ0n) is 7.51. The highest BCUT2D eigenvalue weighted by molar-refractivity contribution is 14.1. The number of alkyl halides is 1. The zero-order valence-corrected chi connectivity index (χ0v) is 12.9. The fourth-order valence-corrected chi connectivity index (χ4v) is 5.48. The van der Waals surface area contributed by atoms with E-state index in [1.807, 2.05) is 23.1 Å². The fraction of sp³-hybridized carbons (Fsp3) is 0.200. The molecule has 0 aliphatic carbocycles. The molecule has 1 heterocycles. The van der Waals surface area contributed by atoms with Gasteiger partial charge >= 0.3 is 0 Å². The number of benzene rings is 1. The Hall–Kier alpha value is 0.740. The maximum Gasteiger partial charge on any atom is 0.0801 e. The van der Waals surface area contributed by atoms with Crippen molar-refractivity contribution in [3.63, 3.8) is 0 Å². The molecule has 0 saturated carbocycles. The Morgan fingerprint density at radius 2 is 2.29 bits per heavy atom. The molecule has 0 aliphatic rings. The van der Waals surface area contributed by atoms with Gasteiger partial charge in [0.1, 0.15) is 0 Å². The first-order valence-electron chi connectivity index (χ1n) is 4.07. The van der Waals surface area contributed by atoms with Gasteiger partial charge in [-0.2, -0.15) is 0 Å². The second kappa shape index (κ2) is 4.72. The van der Waals surface area contributed by atoms with Crippen molar-refractivity contribution in [2.24, 2.45) is 0 Å². The van der Waals surface area contributed by atoms with E-state index in [9.17, 15) is 0 Å². The predicted octanol–water partition coefficient (Wildman–Crippen LogP) is 5.12. The lowest BCUT2D eigenvalue weighted by molar-refractivity contribution is 1.46. The second-order valence-corrected chi connectivity index (χ2v) is 7.07. The summed E-state index contributed by atoms with van der Waals surface area (Å²) in [6.07, 6.45) is 2.15. The summed E-state index contributed by atoms with van der Waals surface area (Å²) >= 11 is 9.69. The SMILES string of the molecule is CSc1c(I)sc2cccc(CBr)c12. The van der Waals surface area contributed by atoms with Crippen LogP contribution >= 0.6 is 61.6 Å². The summed E-state index contributed by atoms with van der Waals surface area (Å²) in [5, 5.41) is 2.37. The summed E-state index contributed by atoms with van der Waals surface area (Å²) in [4.78, 5) is 1.43. The summed E-state index contributed by atoms with van der Waals surface area (Å²) in [6.45, 7) is 0. The lowest BCUT2D eigenvalue weighted by Gasteiger charge is -2.00. The number of thiophene rings is 1. The van der Waals surface area contributed by atoms with Gasteiger partial charge in [-0.05, 0) is 40.5 Å². The van der Waals surface area contributed by atoms with Gasteiger partial charge in [0.2, 0.25) is 0 Å². The van der Waals surface area contributed by atoms with Crippen molar-refractivity contribution >= 4 is 71.7 Å². The van der Waals surface area contributed by atoms with E-state index in [1.165, 1.54) is 23.4 Å². The maximum absolute atomic E-state index is 3.54. The molecule has 0 spiro atoms. The molecule has 4 heteroatoms. The molecule has 74 valence electrons. The van der Waals surface area contributed by atoms with E-state index in [4.69, 9.17) is 0 Å². The predicted molar refractivity (Wildman–Crippen MR) is 79.0 cm³/mol. The summed E-state index contributed by atoms with van der Waals surface area (Å²) in [7, 11) is 0. The normalized spacial score (nSPS) is 11.1. The zero-order chi connectivity index (χ0) is 10.1. The van der Waals surface area contributed by atoms with Crippen LogP contribution in [0.5, 0.6) is 0 Å². The van der Waals surface area contributed by atoms with Crippen LogP contribution in [0.15, 0.2) is 23.1 Å². The highest BCUT2D eigenvalue weighted by Crippen LogP contribution is 2.40. The highest BCUT2D eigenvalue weighted by Gasteiger charge is 2.11. The van der Waals surface area contributed by atoms with Crippen LogP contribution in [0.25, 0.3) is 10.1 Å². The number of hydrogen-bond donors (Lipinski definition) is 0. The summed E-state index contributed by atoms with van der Waals surface area (Å²) in [6, 6.07) is 6.53. The molecule has 0 unspecified atom stereocenters. The van der Waals surface area contributed by atoms with Crippen molar-refractivity contribution in [2.45, 2.75) is 10.2 Å². The molecular formula is C10H8BrIS2. The van der Waals surface area contributed by atoms with Gasteiger partial charge < -0.3 is 0 Å².